The summed E-state index contributed by atoms with van der Waals surface area (Å²) in [6.45, 7) is 9.94. The monoisotopic (exact) mass is 324 g/mol. The number of Topliss-reactive ketones (excluding diaryl/α,β-unsaturated/α-hetero) is 1. The lowest BCUT2D eigenvalue weighted by atomic mass is 9.95. The van der Waals surface area contributed by atoms with Crippen molar-refractivity contribution in [2.24, 2.45) is 0 Å². The molecule has 2 aromatic rings. The number of hydrogen-bond acceptors (Lipinski definition) is 3. The molecule has 4 nitrogen and oxygen atoms in total. The highest BCUT2D eigenvalue weighted by Gasteiger charge is 2.16. The molecule has 0 aliphatic carbocycles. The van der Waals surface area contributed by atoms with E-state index in [0.717, 1.165) is 34.3 Å². The van der Waals surface area contributed by atoms with E-state index in [1.807, 2.05) is 45.0 Å². The molecule has 2 rings (SSSR count). The molecule has 24 heavy (non-hydrogen) atoms. The molecule has 0 amide bonds. The Labute approximate surface area is 142 Å². The standard InChI is InChI=1S/C20H24N2O2/c1-13(2)17(20(24)15(4)14(3)12-23)10-11-22-16(5)21-18-8-6-7-9-19(18)22/h6-9,12H,10-11H2,1-5H3/b15-14-. The van der Waals surface area contributed by atoms with Gasteiger partial charge >= 0.3 is 0 Å². The summed E-state index contributed by atoms with van der Waals surface area (Å²) in [5, 5.41) is 0. The average Bonchev–Trinajstić information content (AvgIpc) is 2.88. The lowest BCUT2D eigenvalue weighted by molar-refractivity contribution is -0.113. The number of benzene rings is 1. The molecule has 1 heterocycles. The fourth-order valence-electron chi connectivity index (χ4n) is 2.79. The minimum atomic E-state index is -0.0401. The van der Waals surface area contributed by atoms with Gasteiger partial charge in [0.25, 0.3) is 0 Å². The van der Waals surface area contributed by atoms with E-state index in [1.54, 1.807) is 13.8 Å². The zero-order valence-electron chi connectivity index (χ0n) is 15.0. The van der Waals surface area contributed by atoms with Crippen LogP contribution in [0.4, 0.5) is 0 Å². The van der Waals surface area contributed by atoms with Crippen LogP contribution < -0.4 is 0 Å². The van der Waals surface area contributed by atoms with Crippen LogP contribution in [0, 0.1) is 6.92 Å². The molecule has 0 radical (unpaired) electrons. The van der Waals surface area contributed by atoms with Gasteiger partial charge in [-0.15, -0.1) is 0 Å². The van der Waals surface area contributed by atoms with Crippen molar-refractivity contribution >= 4 is 23.1 Å². The molecule has 1 aromatic heterocycles. The molecule has 0 unspecified atom stereocenters. The Balaban J connectivity index is 2.30. The van der Waals surface area contributed by atoms with Crippen LogP contribution in [0.25, 0.3) is 11.0 Å². The second kappa shape index (κ2) is 7.39. The van der Waals surface area contributed by atoms with Crippen LogP contribution in [0.2, 0.25) is 0 Å². The van der Waals surface area contributed by atoms with Crippen LogP contribution >= 0.6 is 0 Å². The maximum absolute atomic E-state index is 12.7. The van der Waals surface area contributed by atoms with Crippen LogP contribution in [0.1, 0.15) is 39.9 Å². The van der Waals surface area contributed by atoms with Gasteiger partial charge < -0.3 is 4.57 Å². The van der Waals surface area contributed by atoms with Crippen molar-refractivity contribution in [3.05, 3.63) is 52.4 Å². The molecule has 0 saturated heterocycles. The van der Waals surface area contributed by atoms with Gasteiger partial charge in [-0.25, -0.2) is 4.98 Å². The Morgan fingerprint density at radius 1 is 1.17 bits per heavy atom. The Hall–Kier alpha value is -2.49. The van der Waals surface area contributed by atoms with Crippen molar-refractivity contribution in [2.45, 2.75) is 47.6 Å². The molecular formula is C20H24N2O2. The first-order valence-corrected chi connectivity index (χ1v) is 8.12. The summed E-state index contributed by atoms with van der Waals surface area (Å²) in [4.78, 5) is 28.2. The van der Waals surface area contributed by atoms with Gasteiger partial charge in [0.05, 0.1) is 11.0 Å². The smallest absolute Gasteiger partial charge is 0.185 e. The molecule has 0 aliphatic rings. The van der Waals surface area contributed by atoms with E-state index in [2.05, 4.69) is 9.55 Å². The van der Waals surface area contributed by atoms with Crippen molar-refractivity contribution in [1.29, 1.82) is 0 Å². The summed E-state index contributed by atoms with van der Waals surface area (Å²) in [7, 11) is 0. The largest absolute Gasteiger partial charge is 0.328 e. The number of allylic oxidation sites excluding steroid dienone is 4. The molecule has 0 bridgehead atoms. The van der Waals surface area contributed by atoms with E-state index in [9.17, 15) is 9.59 Å². The summed E-state index contributed by atoms with van der Waals surface area (Å²) in [6, 6.07) is 8.00. The summed E-state index contributed by atoms with van der Waals surface area (Å²) < 4.78 is 2.14. The van der Waals surface area contributed by atoms with Crippen LogP contribution in [-0.2, 0) is 16.1 Å². The quantitative estimate of drug-likeness (QED) is 0.592. The molecule has 4 heteroatoms. The van der Waals surface area contributed by atoms with E-state index < -0.39 is 0 Å². The fourth-order valence-corrected chi connectivity index (χ4v) is 2.79. The first kappa shape index (κ1) is 17.9. The van der Waals surface area contributed by atoms with Crippen molar-refractivity contribution < 1.29 is 9.59 Å². The van der Waals surface area contributed by atoms with E-state index in [1.165, 1.54) is 0 Å². The average molecular weight is 324 g/mol. The molecule has 0 N–H and O–H groups in total. The number of para-hydroxylation sites is 2. The van der Waals surface area contributed by atoms with E-state index in [4.69, 9.17) is 0 Å². The Morgan fingerprint density at radius 2 is 1.83 bits per heavy atom. The summed E-state index contributed by atoms with van der Waals surface area (Å²) in [5.41, 5.74) is 4.81. The minimum absolute atomic E-state index is 0.0401. The number of hydrogen-bond donors (Lipinski definition) is 0. The SMILES string of the molecule is CC(C)=C(CCn1c(C)nc2ccccc21)C(=O)/C(C)=C(/C)C=O. The molecule has 0 saturated carbocycles. The molecule has 0 spiro atoms. The zero-order valence-corrected chi connectivity index (χ0v) is 15.0. The van der Waals surface area contributed by atoms with Gasteiger partial charge in [0.1, 0.15) is 12.1 Å². The molecule has 0 aliphatic heterocycles. The maximum Gasteiger partial charge on any atom is 0.185 e. The Kier molecular flexibility index (Phi) is 5.50. The van der Waals surface area contributed by atoms with E-state index in [0.29, 0.717) is 24.1 Å². The Bertz CT molecular complexity index is 850. The molecule has 1 aromatic carbocycles. The number of imidazole rings is 1. The molecule has 126 valence electrons. The van der Waals surface area contributed by atoms with Crippen LogP contribution in [0.5, 0.6) is 0 Å². The number of carbonyl (C=O) groups is 2. The van der Waals surface area contributed by atoms with Crippen molar-refractivity contribution in [3.8, 4) is 0 Å². The second-order valence-electron chi connectivity index (χ2n) is 6.28. The van der Waals surface area contributed by atoms with Crippen molar-refractivity contribution in [2.75, 3.05) is 0 Å². The number of ketones is 1. The number of nitrogens with zero attached hydrogens (tertiary/aromatic N) is 2. The third kappa shape index (κ3) is 3.53. The van der Waals surface area contributed by atoms with Gasteiger partial charge in [-0.2, -0.15) is 0 Å². The number of carbonyl (C=O) groups excluding carboxylic acids is 2. The van der Waals surface area contributed by atoms with Crippen LogP contribution in [0.15, 0.2) is 46.6 Å². The third-order valence-corrected chi connectivity index (χ3v) is 4.42. The first-order valence-electron chi connectivity index (χ1n) is 8.12. The van der Waals surface area contributed by atoms with Gasteiger partial charge in [0.2, 0.25) is 0 Å². The molecular weight excluding hydrogens is 300 g/mol. The summed E-state index contributed by atoms with van der Waals surface area (Å²) >= 11 is 0. The van der Waals surface area contributed by atoms with Gasteiger partial charge in [-0.1, -0.05) is 17.7 Å². The number of aryl methyl sites for hydroxylation is 2. The highest BCUT2D eigenvalue weighted by Crippen LogP contribution is 2.21. The minimum Gasteiger partial charge on any atom is -0.328 e. The summed E-state index contributed by atoms with van der Waals surface area (Å²) in [6.07, 6.45) is 1.36. The lowest BCUT2D eigenvalue weighted by Crippen LogP contribution is -2.11. The molecule has 0 fully saturated rings. The number of aldehydes is 1. The highest BCUT2D eigenvalue weighted by atomic mass is 16.1. The van der Waals surface area contributed by atoms with Gasteiger partial charge in [0, 0.05) is 17.7 Å². The first-order chi connectivity index (χ1) is 11.4. The van der Waals surface area contributed by atoms with Gasteiger partial charge in [-0.05, 0) is 58.7 Å². The maximum atomic E-state index is 12.7. The fraction of sp³-hybridized carbons (Fsp3) is 0.350. The zero-order chi connectivity index (χ0) is 17.9. The van der Waals surface area contributed by atoms with Gasteiger partial charge in [0.15, 0.2) is 5.78 Å². The lowest BCUT2D eigenvalue weighted by Gasteiger charge is -2.12. The predicted molar refractivity (Wildman–Crippen MR) is 96.9 cm³/mol. The van der Waals surface area contributed by atoms with Gasteiger partial charge in [-0.3, -0.25) is 9.59 Å². The number of rotatable bonds is 6. The third-order valence-electron chi connectivity index (χ3n) is 4.42. The predicted octanol–water partition coefficient (Wildman–Crippen LogP) is 4.18. The van der Waals surface area contributed by atoms with E-state index in [-0.39, 0.29) is 5.78 Å². The number of aromatic nitrogens is 2. The van der Waals surface area contributed by atoms with Crippen molar-refractivity contribution in [1.82, 2.24) is 9.55 Å². The second-order valence-corrected chi connectivity index (χ2v) is 6.28. The summed E-state index contributed by atoms with van der Waals surface area (Å²) in [5.74, 6) is 0.898. The molecule has 0 atom stereocenters. The number of fused-ring (bicyclic) bond motifs is 1. The normalized spacial score (nSPS) is 12.0. The van der Waals surface area contributed by atoms with E-state index >= 15 is 0 Å². The Morgan fingerprint density at radius 3 is 2.46 bits per heavy atom. The highest BCUT2D eigenvalue weighted by molar-refractivity contribution is 6.10. The van der Waals surface area contributed by atoms with Crippen molar-refractivity contribution in [3.63, 3.8) is 0 Å². The van der Waals surface area contributed by atoms with Crippen LogP contribution in [-0.4, -0.2) is 21.6 Å². The topological polar surface area (TPSA) is 52.0 Å². The van der Waals surface area contributed by atoms with Crippen LogP contribution in [0.3, 0.4) is 0 Å².